The summed E-state index contributed by atoms with van der Waals surface area (Å²) in [5, 5.41) is 0. The van der Waals surface area contributed by atoms with Crippen LogP contribution in [0.2, 0.25) is 0 Å². The molecule has 1 aliphatic rings. The van der Waals surface area contributed by atoms with Crippen LogP contribution in [0.15, 0.2) is 23.2 Å². The SMILES string of the molecule is CN1CCCC1CCOc1ccc(S(=O)(=O)Cl)cn1. The molecule has 1 atom stereocenters. The monoisotopic (exact) mass is 304 g/mol. The van der Waals surface area contributed by atoms with Gasteiger partial charge in [-0.1, -0.05) is 0 Å². The average Bonchev–Trinajstić information content (AvgIpc) is 2.75. The molecule has 2 heterocycles. The van der Waals surface area contributed by atoms with Gasteiger partial charge in [0.2, 0.25) is 5.88 Å². The van der Waals surface area contributed by atoms with Gasteiger partial charge in [0.05, 0.1) is 12.8 Å². The van der Waals surface area contributed by atoms with Crippen molar-refractivity contribution in [2.45, 2.75) is 30.2 Å². The van der Waals surface area contributed by atoms with Crippen LogP contribution in [-0.2, 0) is 9.05 Å². The molecule has 0 spiro atoms. The van der Waals surface area contributed by atoms with Crippen molar-refractivity contribution in [3.8, 4) is 5.88 Å². The first-order valence-corrected chi connectivity index (χ1v) is 8.51. The number of halogens is 1. The summed E-state index contributed by atoms with van der Waals surface area (Å²) < 4.78 is 27.6. The number of pyridine rings is 1. The first-order valence-electron chi connectivity index (χ1n) is 6.20. The second-order valence-corrected chi connectivity index (χ2v) is 7.25. The van der Waals surface area contributed by atoms with Gasteiger partial charge in [0.1, 0.15) is 4.90 Å². The Morgan fingerprint density at radius 3 is 2.84 bits per heavy atom. The van der Waals surface area contributed by atoms with Gasteiger partial charge in [-0.3, -0.25) is 0 Å². The number of hydrogen-bond acceptors (Lipinski definition) is 5. The largest absolute Gasteiger partial charge is 0.478 e. The van der Waals surface area contributed by atoms with Crippen LogP contribution in [0.4, 0.5) is 0 Å². The minimum absolute atomic E-state index is 0.0166. The average molecular weight is 305 g/mol. The number of ether oxygens (including phenoxy) is 1. The zero-order valence-electron chi connectivity index (χ0n) is 10.8. The van der Waals surface area contributed by atoms with Crippen LogP contribution in [0.1, 0.15) is 19.3 Å². The lowest BCUT2D eigenvalue weighted by Gasteiger charge is -2.18. The van der Waals surface area contributed by atoms with Gasteiger partial charge in [-0.15, -0.1) is 0 Å². The standard InChI is InChI=1S/C12H17ClN2O3S/c1-15-7-2-3-10(15)6-8-18-12-5-4-11(9-14-12)19(13,16)17/h4-5,9-10H,2-3,6-8H2,1H3. The molecule has 0 aromatic carbocycles. The summed E-state index contributed by atoms with van der Waals surface area (Å²) in [5.41, 5.74) is 0. The molecule has 5 nitrogen and oxygen atoms in total. The fraction of sp³-hybridized carbons (Fsp3) is 0.583. The van der Waals surface area contributed by atoms with Crippen molar-refractivity contribution >= 4 is 19.7 Å². The van der Waals surface area contributed by atoms with Gasteiger partial charge >= 0.3 is 0 Å². The van der Waals surface area contributed by atoms with Crippen molar-refractivity contribution < 1.29 is 13.2 Å². The van der Waals surface area contributed by atoms with E-state index in [1.165, 1.54) is 31.2 Å². The summed E-state index contributed by atoms with van der Waals surface area (Å²) in [7, 11) is 3.61. The van der Waals surface area contributed by atoms with Gasteiger partial charge in [-0.05, 0) is 38.9 Å². The molecule has 19 heavy (non-hydrogen) atoms. The van der Waals surface area contributed by atoms with E-state index in [9.17, 15) is 8.42 Å². The van der Waals surface area contributed by atoms with E-state index in [0.29, 0.717) is 18.5 Å². The highest BCUT2D eigenvalue weighted by Crippen LogP contribution is 2.19. The molecule has 1 saturated heterocycles. The molecule has 7 heteroatoms. The van der Waals surface area contributed by atoms with E-state index in [4.69, 9.17) is 15.4 Å². The number of aromatic nitrogens is 1. The predicted octanol–water partition coefficient (Wildman–Crippen LogP) is 1.87. The fourth-order valence-electron chi connectivity index (χ4n) is 2.24. The number of hydrogen-bond donors (Lipinski definition) is 0. The normalized spacial score (nSPS) is 20.6. The minimum Gasteiger partial charge on any atom is -0.478 e. The maximum absolute atomic E-state index is 11.0. The highest BCUT2D eigenvalue weighted by molar-refractivity contribution is 8.13. The van der Waals surface area contributed by atoms with Crippen LogP contribution < -0.4 is 4.74 Å². The molecule has 1 aromatic heterocycles. The van der Waals surface area contributed by atoms with Gasteiger partial charge in [-0.25, -0.2) is 13.4 Å². The van der Waals surface area contributed by atoms with Gasteiger partial charge in [0.25, 0.3) is 9.05 Å². The van der Waals surface area contributed by atoms with Crippen molar-refractivity contribution in [1.82, 2.24) is 9.88 Å². The van der Waals surface area contributed by atoms with Crippen molar-refractivity contribution in [2.24, 2.45) is 0 Å². The van der Waals surface area contributed by atoms with E-state index in [2.05, 4.69) is 16.9 Å². The Balaban J connectivity index is 1.83. The van der Waals surface area contributed by atoms with Gasteiger partial charge in [-0.2, -0.15) is 0 Å². The van der Waals surface area contributed by atoms with E-state index in [1.807, 2.05) is 0 Å². The van der Waals surface area contributed by atoms with E-state index >= 15 is 0 Å². The van der Waals surface area contributed by atoms with Crippen LogP contribution in [-0.4, -0.2) is 44.5 Å². The first-order chi connectivity index (χ1) is 8.97. The molecule has 0 N–H and O–H groups in total. The van der Waals surface area contributed by atoms with Crippen LogP contribution in [0.25, 0.3) is 0 Å². The molecular weight excluding hydrogens is 288 g/mol. The molecule has 0 bridgehead atoms. The maximum atomic E-state index is 11.0. The molecule has 0 amide bonds. The molecule has 1 aliphatic heterocycles. The quantitative estimate of drug-likeness (QED) is 0.777. The Kier molecular flexibility index (Phi) is 4.65. The Morgan fingerprint density at radius 2 is 2.32 bits per heavy atom. The highest BCUT2D eigenvalue weighted by Gasteiger charge is 2.20. The molecule has 2 rings (SSSR count). The van der Waals surface area contributed by atoms with E-state index in [-0.39, 0.29) is 4.90 Å². The third-order valence-corrected chi connectivity index (χ3v) is 4.70. The molecular formula is C12H17ClN2O3S. The lowest BCUT2D eigenvalue weighted by Crippen LogP contribution is -2.26. The smallest absolute Gasteiger partial charge is 0.262 e. The third-order valence-electron chi connectivity index (χ3n) is 3.36. The Labute approximate surface area is 118 Å². The fourth-order valence-corrected chi connectivity index (χ4v) is 2.92. The molecule has 0 aliphatic carbocycles. The summed E-state index contributed by atoms with van der Waals surface area (Å²) >= 11 is 0. The summed E-state index contributed by atoms with van der Waals surface area (Å²) in [6.07, 6.45) is 4.60. The minimum atomic E-state index is -3.71. The third kappa shape index (κ3) is 4.06. The van der Waals surface area contributed by atoms with Crippen LogP contribution in [0, 0.1) is 0 Å². The van der Waals surface area contributed by atoms with E-state index in [0.717, 1.165) is 13.0 Å². The molecule has 1 fully saturated rings. The first kappa shape index (κ1) is 14.6. The Bertz CT molecular complexity index is 518. The summed E-state index contributed by atoms with van der Waals surface area (Å²) in [4.78, 5) is 6.25. The zero-order valence-corrected chi connectivity index (χ0v) is 12.3. The maximum Gasteiger partial charge on any atom is 0.262 e. The topological polar surface area (TPSA) is 59.5 Å². The molecule has 1 unspecified atom stereocenters. The summed E-state index contributed by atoms with van der Waals surface area (Å²) in [5.74, 6) is 0.421. The van der Waals surface area contributed by atoms with Gasteiger partial charge in [0.15, 0.2) is 0 Å². The second kappa shape index (κ2) is 6.07. The molecule has 1 aromatic rings. The van der Waals surface area contributed by atoms with Crippen LogP contribution in [0.3, 0.4) is 0 Å². The van der Waals surface area contributed by atoms with E-state index in [1.54, 1.807) is 0 Å². The molecule has 0 radical (unpaired) electrons. The number of nitrogens with zero attached hydrogens (tertiary/aromatic N) is 2. The van der Waals surface area contributed by atoms with Crippen molar-refractivity contribution in [3.63, 3.8) is 0 Å². The number of likely N-dealkylation sites (tertiary alicyclic amines) is 1. The zero-order chi connectivity index (χ0) is 13.9. The Morgan fingerprint density at radius 1 is 1.53 bits per heavy atom. The Hall–Kier alpha value is -0.850. The van der Waals surface area contributed by atoms with Crippen molar-refractivity contribution in [1.29, 1.82) is 0 Å². The predicted molar refractivity (Wildman–Crippen MR) is 73.0 cm³/mol. The van der Waals surface area contributed by atoms with Crippen LogP contribution in [0.5, 0.6) is 5.88 Å². The van der Waals surface area contributed by atoms with Gasteiger partial charge in [0, 0.05) is 22.8 Å². The molecule has 0 saturated carbocycles. The molecule has 106 valence electrons. The van der Waals surface area contributed by atoms with Crippen molar-refractivity contribution in [3.05, 3.63) is 18.3 Å². The summed E-state index contributed by atoms with van der Waals surface area (Å²) in [6.45, 7) is 1.72. The van der Waals surface area contributed by atoms with Gasteiger partial charge < -0.3 is 9.64 Å². The van der Waals surface area contributed by atoms with Crippen molar-refractivity contribution in [2.75, 3.05) is 20.2 Å². The highest BCUT2D eigenvalue weighted by atomic mass is 35.7. The second-order valence-electron chi connectivity index (χ2n) is 4.68. The lowest BCUT2D eigenvalue weighted by atomic mass is 10.1. The van der Waals surface area contributed by atoms with E-state index < -0.39 is 9.05 Å². The van der Waals surface area contributed by atoms with Crippen LogP contribution >= 0.6 is 10.7 Å². The number of rotatable bonds is 5. The summed E-state index contributed by atoms with van der Waals surface area (Å²) in [6, 6.07) is 3.49. The lowest BCUT2D eigenvalue weighted by molar-refractivity contribution is 0.228.